The average Bonchev–Trinajstić information content (AvgIpc) is 2.72. The molecule has 0 fully saturated rings. The van der Waals surface area contributed by atoms with Crippen molar-refractivity contribution in [3.63, 3.8) is 0 Å². The van der Waals surface area contributed by atoms with Gasteiger partial charge in [0.1, 0.15) is 5.82 Å². The number of aromatic nitrogens is 2. The number of anilines is 1. The number of Topliss-reactive ketones (excluding diaryl/α,β-unsaturated/α-hetero) is 1. The van der Waals surface area contributed by atoms with Gasteiger partial charge in [-0.15, -0.1) is 0 Å². The van der Waals surface area contributed by atoms with Gasteiger partial charge in [0.2, 0.25) is 0 Å². The Balaban J connectivity index is 2.06. The van der Waals surface area contributed by atoms with E-state index < -0.39 is 0 Å². The van der Waals surface area contributed by atoms with Crippen molar-refractivity contribution >= 4 is 27.4 Å². The molecular weight excluding hydrogens is 294 g/mol. The van der Waals surface area contributed by atoms with Gasteiger partial charge in [0, 0.05) is 48.0 Å². The number of nitrogen functional groups attached to an aromatic ring is 1. The van der Waals surface area contributed by atoms with Crippen LogP contribution < -0.4 is 5.73 Å². The molecule has 0 saturated heterocycles. The number of ketones is 1. The minimum atomic E-state index is 0.0444. The highest BCUT2D eigenvalue weighted by atomic mass is 79.9. The number of carbonyl (C=O) groups is 1. The zero-order chi connectivity index (χ0) is 13.1. The summed E-state index contributed by atoms with van der Waals surface area (Å²) < 4.78 is 2.79. The predicted molar refractivity (Wildman–Crippen MR) is 74.4 cm³/mol. The fourth-order valence-electron chi connectivity index (χ4n) is 1.78. The fraction of sp³-hybridized carbons (Fsp3) is 0.231. The van der Waals surface area contributed by atoms with Crippen molar-refractivity contribution in [3.05, 3.63) is 46.5 Å². The lowest BCUT2D eigenvalue weighted by molar-refractivity contribution is 0.0983. The second-order valence-electron chi connectivity index (χ2n) is 4.11. The summed E-state index contributed by atoms with van der Waals surface area (Å²) in [6, 6.07) is 5.32. The zero-order valence-electron chi connectivity index (χ0n) is 10.1. The Morgan fingerprint density at radius 1 is 1.50 bits per heavy atom. The number of hydrogen-bond acceptors (Lipinski definition) is 3. The Bertz CT molecular complexity index is 577. The van der Waals surface area contributed by atoms with Gasteiger partial charge < -0.3 is 10.3 Å². The van der Waals surface area contributed by atoms with Crippen molar-refractivity contribution in [1.29, 1.82) is 0 Å². The molecule has 0 radical (unpaired) electrons. The van der Waals surface area contributed by atoms with Crippen LogP contribution in [0, 0.1) is 0 Å². The summed E-state index contributed by atoms with van der Waals surface area (Å²) in [7, 11) is 1.92. The maximum Gasteiger partial charge on any atom is 0.165 e. The van der Waals surface area contributed by atoms with Gasteiger partial charge in [0.05, 0.1) is 0 Å². The predicted octanol–water partition coefficient (Wildman–Crippen LogP) is 2.58. The van der Waals surface area contributed by atoms with E-state index >= 15 is 0 Å². The fourth-order valence-corrected chi connectivity index (χ4v) is 2.16. The number of hydrogen-bond donors (Lipinski definition) is 1. The van der Waals surface area contributed by atoms with Gasteiger partial charge in [-0.25, -0.2) is 4.98 Å². The summed E-state index contributed by atoms with van der Waals surface area (Å²) in [5.41, 5.74) is 6.91. The summed E-state index contributed by atoms with van der Waals surface area (Å²) in [6.07, 6.45) is 4.64. The standard InChI is InChI=1S/C13H14BrN3O/c1-17-7-6-16-13(17)5-4-12(18)10-3-2-9(14)8-11(10)15/h2-3,6-8H,4-5,15H2,1H3. The van der Waals surface area contributed by atoms with Crippen LogP contribution in [0.3, 0.4) is 0 Å². The third-order valence-corrected chi connectivity index (χ3v) is 3.30. The number of imidazole rings is 1. The van der Waals surface area contributed by atoms with E-state index in [1.165, 1.54) is 0 Å². The highest BCUT2D eigenvalue weighted by Gasteiger charge is 2.11. The van der Waals surface area contributed by atoms with Crippen LogP contribution in [0.2, 0.25) is 0 Å². The van der Waals surface area contributed by atoms with E-state index in [1.807, 2.05) is 23.9 Å². The minimum absolute atomic E-state index is 0.0444. The summed E-state index contributed by atoms with van der Waals surface area (Å²) in [6.45, 7) is 0. The van der Waals surface area contributed by atoms with Gasteiger partial charge in [0.25, 0.3) is 0 Å². The zero-order valence-corrected chi connectivity index (χ0v) is 11.6. The normalized spacial score (nSPS) is 10.6. The first-order chi connectivity index (χ1) is 8.58. The Morgan fingerprint density at radius 3 is 2.89 bits per heavy atom. The number of nitrogens with two attached hydrogens (primary N) is 1. The van der Waals surface area contributed by atoms with E-state index in [0.717, 1.165) is 10.3 Å². The molecule has 4 nitrogen and oxygen atoms in total. The summed E-state index contributed by atoms with van der Waals surface area (Å²) >= 11 is 3.32. The Morgan fingerprint density at radius 2 is 2.28 bits per heavy atom. The maximum atomic E-state index is 12.1. The van der Waals surface area contributed by atoms with Crippen LogP contribution in [0.5, 0.6) is 0 Å². The first-order valence-corrected chi connectivity index (χ1v) is 6.41. The topological polar surface area (TPSA) is 60.9 Å². The molecule has 0 unspecified atom stereocenters. The van der Waals surface area contributed by atoms with E-state index in [1.54, 1.807) is 18.3 Å². The molecule has 1 aromatic heterocycles. The Hall–Kier alpha value is -1.62. The molecule has 1 aromatic carbocycles. The second-order valence-corrected chi connectivity index (χ2v) is 5.02. The summed E-state index contributed by atoms with van der Waals surface area (Å²) in [5.74, 6) is 0.946. The van der Waals surface area contributed by atoms with E-state index in [2.05, 4.69) is 20.9 Å². The number of benzene rings is 1. The number of halogens is 1. The van der Waals surface area contributed by atoms with Crippen LogP contribution in [0.4, 0.5) is 5.69 Å². The van der Waals surface area contributed by atoms with E-state index in [0.29, 0.717) is 24.1 Å². The molecule has 0 amide bonds. The lowest BCUT2D eigenvalue weighted by Gasteiger charge is -2.05. The largest absolute Gasteiger partial charge is 0.398 e. The van der Waals surface area contributed by atoms with E-state index in [9.17, 15) is 4.79 Å². The van der Waals surface area contributed by atoms with Gasteiger partial charge in [-0.3, -0.25) is 4.79 Å². The molecular formula is C13H14BrN3O. The summed E-state index contributed by atoms with van der Waals surface area (Å²) in [4.78, 5) is 16.2. The van der Waals surface area contributed by atoms with Crippen molar-refractivity contribution in [1.82, 2.24) is 9.55 Å². The minimum Gasteiger partial charge on any atom is -0.398 e. The third kappa shape index (κ3) is 2.79. The molecule has 0 spiro atoms. The molecule has 0 bridgehead atoms. The van der Waals surface area contributed by atoms with Crippen molar-refractivity contribution in [2.45, 2.75) is 12.8 Å². The van der Waals surface area contributed by atoms with Crippen LogP contribution in [-0.4, -0.2) is 15.3 Å². The van der Waals surface area contributed by atoms with Crippen LogP contribution >= 0.6 is 15.9 Å². The smallest absolute Gasteiger partial charge is 0.165 e. The lowest BCUT2D eigenvalue weighted by atomic mass is 10.0. The molecule has 0 aliphatic carbocycles. The maximum absolute atomic E-state index is 12.1. The van der Waals surface area contributed by atoms with Crippen LogP contribution in [0.25, 0.3) is 0 Å². The van der Waals surface area contributed by atoms with Crippen molar-refractivity contribution < 1.29 is 4.79 Å². The van der Waals surface area contributed by atoms with Crippen molar-refractivity contribution in [2.75, 3.05) is 5.73 Å². The number of nitrogens with zero attached hydrogens (tertiary/aromatic N) is 2. The number of aryl methyl sites for hydroxylation is 2. The SMILES string of the molecule is Cn1ccnc1CCC(=O)c1ccc(Br)cc1N. The van der Waals surface area contributed by atoms with E-state index in [-0.39, 0.29) is 5.78 Å². The van der Waals surface area contributed by atoms with Crippen molar-refractivity contribution in [3.8, 4) is 0 Å². The summed E-state index contributed by atoms with van der Waals surface area (Å²) in [5, 5.41) is 0. The molecule has 0 aliphatic rings. The van der Waals surface area contributed by atoms with Gasteiger partial charge >= 0.3 is 0 Å². The quantitative estimate of drug-likeness (QED) is 0.697. The first kappa shape index (κ1) is 12.8. The molecule has 0 aliphatic heterocycles. The molecule has 5 heteroatoms. The second kappa shape index (κ2) is 5.35. The molecule has 18 heavy (non-hydrogen) atoms. The van der Waals surface area contributed by atoms with Gasteiger partial charge in [0.15, 0.2) is 5.78 Å². The average molecular weight is 308 g/mol. The van der Waals surface area contributed by atoms with Gasteiger partial charge in [-0.2, -0.15) is 0 Å². The van der Waals surface area contributed by atoms with Crippen LogP contribution in [-0.2, 0) is 13.5 Å². The number of carbonyl (C=O) groups excluding carboxylic acids is 1. The molecule has 2 N–H and O–H groups in total. The van der Waals surface area contributed by atoms with Crippen molar-refractivity contribution in [2.24, 2.45) is 7.05 Å². The van der Waals surface area contributed by atoms with Gasteiger partial charge in [-0.1, -0.05) is 15.9 Å². The molecule has 0 saturated carbocycles. The molecule has 2 aromatic rings. The monoisotopic (exact) mass is 307 g/mol. The molecule has 1 heterocycles. The molecule has 94 valence electrons. The first-order valence-electron chi connectivity index (χ1n) is 5.62. The Labute approximate surface area is 114 Å². The third-order valence-electron chi connectivity index (χ3n) is 2.81. The highest BCUT2D eigenvalue weighted by molar-refractivity contribution is 9.10. The number of rotatable bonds is 4. The van der Waals surface area contributed by atoms with Gasteiger partial charge in [-0.05, 0) is 18.2 Å². The van der Waals surface area contributed by atoms with E-state index in [4.69, 9.17) is 5.73 Å². The lowest BCUT2D eigenvalue weighted by Crippen LogP contribution is -2.07. The highest BCUT2D eigenvalue weighted by Crippen LogP contribution is 2.20. The Kier molecular flexibility index (Phi) is 3.81. The van der Waals surface area contributed by atoms with Crippen LogP contribution in [0.1, 0.15) is 22.6 Å². The van der Waals surface area contributed by atoms with Crippen LogP contribution in [0.15, 0.2) is 35.1 Å². The molecule has 0 atom stereocenters. The molecule has 2 rings (SSSR count).